The van der Waals surface area contributed by atoms with Gasteiger partial charge < -0.3 is 11.1 Å². The van der Waals surface area contributed by atoms with Gasteiger partial charge in [-0.2, -0.15) is 0 Å². The Morgan fingerprint density at radius 1 is 1.67 bits per heavy atom. The van der Waals surface area contributed by atoms with Crippen LogP contribution in [0.1, 0.15) is 32.6 Å². The third-order valence-electron chi connectivity index (χ3n) is 3.04. The van der Waals surface area contributed by atoms with Gasteiger partial charge in [0.1, 0.15) is 0 Å². The SMILES string of the molecule is CC1CCCC2(CN=C(N)N2)C1. The first-order chi connectivity index (χ1) is 5.70. The third-order valence-corrected chi connectivity index (χ3v) is 3.04. The Balaban J connectivity index is 2.03. The van der Waals surface area contributed by atoms with E-state index in [2.05, 4.69) is 17.2 Å². The maximum atomic E-state index is 5.62. The summed E-state index contributed by atoms with van der Waals surface area (Å²) in [7, 11) is 0. The van der Waals surface area contributed by atoms with Crippen LogP contribution in [0, 0.1) is 5.92 Å². The molecule has 2 atom stereocenters. The van der Waals surface area contributed by atoms with E-state index in [1.54, 1.807) is 0 Å². The lowest BCUT2D eigenvalue weighted by molar-refractivity contribution is 0.231. The van der Waals surface area contributed by atoms with Crippen molar-refractivity contribution in [2.24, 2.45) is 16.6 Å². The van der Waals surface area contributed by atoms with E-state index in [9.17, 15) is 0 Å². The second-order valence-electron chi connectivity index (χ2n) is 4.31. The predicted octanol–water partition coefficient (Wildman–Crippen LogP) is 0.853. The van der Waals surface area contributed by atoms with Crippen LogP contribution in [0.3, 0.4) is 0 Å². The van der Waals surface area contributed by atoms with Crippen LogP contribution in [-0.4, -0.2) is 18.0 Å². The molecular weight excluding hydrogens is 150 g/mol. The van der Waals surface area contributed by atoms with Crippen molar-refractivity contribution in [3.05, 3.63) is 0 Å². The Kier molecular flexibility index (Phi) is 1.74. The third kappa shape index (κ3) is 1.28. The highest BCUT2D eigenvalue weighted by atomic mass is 15.2. The van der Waals surface area contributed by atoms with Crippen LogP contribution in [0.4, 0.5) is 0 Å². The highest BCUT2D eigenvalue weighted by molar-refractivity contribution is 5.80. The number of nitrogens with two attached hydrogens (primary N) is 1. The zero-order chi connectivity index (χ0) is 8.60. The molecule has 0 amide bonds. The first-order valence-corrected chi connectivity index (χ1v) is 4.78. The van der Waals surface area contributed by atoms with Crippen LogP contribution >= 0.6 is 0 Å². The van der Waals surface area contributed by atoms with Gasteiger partial charge in [0.25, 0.3) is 0 Å². The Bertz CT molecular complexity index is 212. The zero-order valence-corrected chi connectivity index (χ0v) is 7.64. The van der Waals surface area contributed by atoms with Crippen molar-refractivity contribution >= 4 is 5.96 Å². The Labute approximate surface area is 73.4 Å². The molecule has 1 aliphatic heterocycles. The second-order valence-corrected chi connectivity index (χ2v) is 4.31. The van der Waals surface area contributed by atoms with E-state index in [1.807, 2.05) is 0 Å². The van der Waals surface area contributed by atoms with Crippen molar-refractivity contribution < 1.29 is 0 Å². The summed E-state index contributed by atoms with van der Waals surface area (Å²) in [4.78, 5) is 4.23. The van der Waals surface area contributed by atoms with Gasteiger partial charge in [0.2, 0.25) is 0 Å². The first kappa shape index (κ1) is 7.90. The Morgan fingerprint density at radius 3 is 3.08 bits per heavy atom. The largest absolute Gasteiger partial charge is 0.370 e. The van der Waals surface area contributed by atoms with Gasteiger partial charge >= 0.3 is 0 Å². The van der Waals surface area contributed by atoms with E-state index in [0.717, 1.165) is 12.5 Å². The summed E-state index contributed by atoms with van der Waals surface area (Å²) in [5, 5.41) is 3.33. The molecule has 0 saturated heterocycles. The minimum Gasteiger partial charge on any atom is -0.370 e. The molecule has 1 spiro atoms. The molecule has 2 unspecified atom stereocenters. The fraction of sp³-hybridized carbons (Fsp3) is 0.889. The van der Waals surface area contributed by atoms with E-state index in [4.69, 9.17) is 5.73 Å². The Hall–Kier alpha value is -0.730. The average Bonchev–Trinajstić information content (AvgIpc) is 2.32. The smallest absolute Gasteiger partial charge is 0.189 e. The van der Waals surface area contributed by atoms with Crippen molar-refractivity contribution in [2.75, 3.05) is 6.54 Å². The highest BCUT2D eigenvalue weighted by Crippen LogP contribution is 2.33. The molecule has 2 rings (SSSR count). The van der Waals surface area contributed by atoms with Gasteiger partial charge in [-0.3, -0.25) is 4.99 Å². The minimum atomic E-state index is 0.238. The molecule has 3 nitrogen and oxygen atoms in total. The molecule has 3 N–H and O–H groups in total. The van der Waals surface area contributed by atoms with Gasteiger partial charge in [0.15, 0.2) is 5.96 Å². The van der Waals surface area contributed by atoms with Crippen molar-refractivity contribution in [1.29, 1.82) is 0 Å². The summed E-state index contributed by atoms with van der Waals surface area (Å²) in [5.41, 5.74) is 5.86. The van der Waals surface area contributed by atoms with E-state index >= 15 is 0 Å². The lowest BCUT2D eigenvalue weighted by Gasteiger charge is -2.36. The first-order valence-electron chi connectivity index (χ1n) is 4.78. The molecule has 0 aromatic carbocycles. The molecule has 0 aromatic rings. The lowest BCUT2D eigenvalue weighted by Crippen LogP contribution is -2.50. The summed E-state index contributed by atoms with van der Waals surface area (Å²) in [6.45, 7) is 3.21. The van der Waals surface area contributed by atoms with Gasteiger partial charge in [0.05, 0.1) is 12.1 Å². The average molecular weight is 167 g/mol. The molecular formula is C9H17N3. The molecule has 1 fully saturated rings. The van der Waals surface area contributed by atoms with E-state index in [1.165, 1.54) is 25.7 Å². The summed E-state index contributed by atoms with van der Waals surface area (Å²) in [5.74, 6) is 1.47. The van der Waals surface area contributed by atoms with Crippen molar-refractivity contribution in [3.8, 4) is 0 Å². The van der Waals surface area contributed by atoms with Gasteiger partial charge in [-0.05, 0) is 18.8 Å². The number of aliphatic imine (C=N–C) groups is 1. The monoisotopic (exact) mass is 167 g/mol. The summed E-state index contributed by atoms with van der Waals surface area (Å²) < 4.78 is 0. The minimum absolute atomic E-state index is 0.238. The highest BCUT2D eigenvalue weighted by Gasteiger charge is 2.37. The van der Waals surface area contributed by atoms with Crippen molar-refractivity contribution in [3.63, 3.8) is 0 Å². The quantitative estimate of drug-likeness (QED) is 0.562. The molecule has 2 aliphatic rings. The fourth-order valence-electron chi connectivity index (χ4n) is 2.50. The standard InChI is InChI=1S/C9H17N3/c1-7-3-2-4-9(5-7)6-11-8(10)12-9/h7H,2-6H2,1H3,(H3,10,11,12). The van der Waals surface area contributed by atoms with Gasteiger partial charge in [-0.25, -0.2) is 0 Å². The fourth-order valence-corrected chi connectivity index (χ4v) is 2.50. The summed E-state index contributed by atoms with van der Waals surface area (Å²) in [6.07, 6.45) is 5.15. The van der Waals surface area contributed by atoms with Crippen molar-refractivity contribution in [2.45, 2.75) is 38.1 Å². The molecule has 3 heteroatoms. The van der Waals surface area contributed by atoms with E-state index in [-0.39, 0.29) is 5.54 Å². The summed E-state index contributed by atoms with van der Waals surface area (Å²) in [6, 6.07) is 0. The maximum absolute atomic E-state index is 5.62. The molecule has 68 valence electrons. The molecule has 1 aliphatic carbocycles. The number of hydrogen-bond donors (Lipinski definition) is 2. The number of rotatable bonds is 0. The summed E-state index contributed by atoms with van der Waals surface area (Å²) >= 11 is 0. The van der Waals surface area contributed by atoms with Crippen LogP contribution in [0.5, 0.6) is 0 Å². The van der Waals surface area contributed by atoms with Crippen LogP contribution < -0.4 is 11.1 Å². The number of nitrogens with one attached hydrogen (secondary N) is 1. The van der Waals surface area contributed by atoms with Gasteiger partial charge in [-0.15, -0.1) is 0 Å². The van der Waals surface area contributed by atoms with E-state index < -0.39 is 0 Å². The van der Waals surface area contributed by atoms with Crippen LogP contribution in [0.2, 0.25) is 0 Å². The maximum Gasteiger partial charge on any atom is 0.189 e. The molecule has 0 aromatic heterocycles. The van der Waals surface area contributed by atoms with Crippen LogP contribution in [0.15, 0.2) is 4.99 Å². The normalized spacial score (nSPS) is 41.1. The molecule has 0 radical (unpaired) electrons. The van der Waals surface area contributed by atoms with E-state index in [0.29, 0.717) is 5.96 Å². The molecule has 0 bridgehead atoms. The van der Waals surface area contributed by atoms with Gasteiger partial charge in [-0.1, -0.05) is 19.8 Å². The van der Waals surface area contributed by atoms with Gasteiger partial charge in [0, 0.05) is 0 Å². The Morgan fingerprint density at radius 2 is 2.50 bits per heavy atom. The van der Waals surface area contributed by atoms with Crippen LogP contribution in [-0.2, 0) is 0 Å². The second kappa shape index (κ2) is 2.64. The zero-order valence-electron chi connectivity index (χ0n) is 7.64. The molecule has 12 heavy (non-hydrogen) atoms. The number of nitrogens with zero attached hydrogens (tertiary/aromatic N) is 1. The topological polar surface area (TPSA) is 50.4 Å². The molecule has 1 heterocycles. The van der Waals surface area contributed by atoms with Crippen LogP contribution in [0.25, 0.3) is 0 Å². The molecule has 1 saturated carbocycles. The number of guanidine groups is 1. The van der Waals surface area contributed by atoms with Crippen molar-refractivity contribution in [1.82, 2.24) is 5.32 Å². The predicted molar refractivity (Wildman–Crippen MR) is 50.0 cm³/mol. The lowest BCUT2D eigenvalue weighted by atomic mass is 9.77. The number of hydrogen-bond acceptors (Lipinski definition) is 3.